The summed E-state index contributed by atoms with van der Waals surface area (Å²) in [5.74, 6) is 0.415. The summed E-state index contributed by atoms with van der Waals surface area (Å²) in [6.45, 7) is 6.35. The standard InChI is InChI=1S/C18H22FN5O2S/c1-12-20-18-24(21-12)17(26)16(27-18)15(13-3-2-4-14(19)11-13)23-7-5-22(6-8-23)9-10-25/h2-4,11,15,25-26H,5-10H2,1H3/p+2/t15-/m0/s1. The maximum absolute atomic E-state index is 13.9. The second kappa shape index (κ2) is 7.51. The van der Waals surface area contributed by atoms with Crippen LogP contribution in [0.15, 0.2) is 24.3 Å². The van der Waals surface area contributed by atoms with E-state index in [4.69, 9.17) is 0 Å². The number of quaternary nitrogens is 2. The number of aryl methyl sites for hydroxylation is 1. The number of nitrogens with zero attached hydrogens (tertiary/aromatic N) is 3. The van der Waals surface area contributed by atoms with Gasteiger partial charge in [0.05, 0.1) is 6.61 Å². The lowest BCUT2D eigenvalue weighted by atomic mass is 10.0. The maximum Gasteiger partial charge on any atom is 0.235 e. The van der Waals surface area contributed by atoms with Crippen LogP contribution in [0.5, 0.6) is 5.88 Å². The zero-order chi connectivity index (χ0) is 19.0. The van der Waals surface area contributed by atoms with Gasteiger partial charge in [0, 0.05) is 5.56 Å². The van der Waals surface area contributed by atoms with Crippen LogP contribution in [0.1, 0.15) is 22.3 Å². The monoisotopic (exact) mass is 393 g/mol. The van der Waals surface area contributed by atoms with E-state index in [1.165, 1.54) is 31.7 Å². The number of fused-ring (bicyclic) bond motifs is 1. The fraction of sp³-hybridized carbons (Fsp3) is 0.444. The fourth-order valence-electron chi connectivity index (χ4n) is 3.92. The third-order valence-corrected chi connectivity index (χ3v) is 6.31. The number of aliphatic hydroxyl groups is 1. The molecule has 2 aromatic heterocycles. The molecule has 1 saturated heterocycles. The lowest BCUT2D eigenvalue weighted by molar-refractivity contribution is -1.02. The highest BCUT2D eigenvalue weighted by molar-refractivity contribution is 7.17. The van der Waals surface area contributed by atoms with Crippen molar-refractivity contribution < 1.29 is 24.4 Å². The van der Waals surface area contributed by atoms with Crippen molar-refractivity contribution >= 4 is 16.3 Å². The molecule has 0 amide bonds. The van der Waals surface area contributed by atoms with Crippen LogP contribution in [0.4, 0.5) is 4.39 Å². The molecular weight excluding hydrogens is 369 g/mol. The van der Waals surface area contributed by atoms with Crippen LogP contribution in [0.3, 0.4) is 0 Å². The summed E-state index contributed by atoms with van der Waals surface area (Å²) in [6.07, 6.45) is 0. The Balaban J connectivity index is 1.72. The molecule has 4 N–H and O–H groups in total. The molecule has 4 rings (SSSR count). The number of aliphatic hydroxyl groups excluding tert-OH is 1. The molecular formula is C18H24FN5O2S+2. The first-order valence-corrected chi connectivity index (χ1v) is 9.98. The minimum atomic E-state index is -0.281. The topological polar surface area (TPSA) is 79.5 Å². The Labute approximate surface area is 160 Å². The van der Waals surface area contributed by atoms with Gasteiger partial charge >= 0.3 is 0 Å². The van der Waals surface area contributed by atoms with Crippen LogP contribution in [-0.4, -0.2) is 64.1 Å². The van der Waals surface area contributed by atoms with Crippen molar-refractivity contribution in [1.29, 1.82) is 0 Å². The summed E-state index contributed by atoms with van der Waals surface area (Å²) in [7, 11) is 0. The minimum Gasteiger partial charge on any atom is -0.492 e. The van der Waals surface area contributed by atoms with Crippen LogP contribution in [-0.2, 0) is 0 Å². The van der Waals surface area contributed by atoms with Gasteiger partial charge < -0.3 is 20.0 Å². The molecule has 0 radical (unpaired) electrons. The molecule has 0 unspecified atom stereocenters. The normalized spacial score (nSPS) is 21.6. The number of halogens is 1. The summed E-state index contributed by atoms with van der Waals surface area (Å²) >= 11 is 1.41. The van der Waals surface area contributed by atoms with Crippen molar-refractivity contribution in [2.45, 2.75) is 13.0 Å². The van der Waals surface area contributed by atoms with Gasteiger partial charge in [0.15, 0.2) is 6.04 Å². The van der Waals surface area contributed by atoms with Crippen molar-refractivity contribution in [3.8, 4) is 5.88 Å². The Hall–Kier alpha value is -2.07. The van der Waals surface area contributed by atoms with Gasteiger partial charge in [-0.3, -0.25) is 0 Å². The molecule has 9 heteroatoms. The predicted octanol–water partition coefficient (Wildman–Crippen LogP) is -1.19. The van der Waals surface area contributed by atoms with E-state index in [0.29, 0.717) is 10.8 Å². The van der Waals surface area contributed by atoms with Crippen molar-refractivity contribution in [2.75, 3.05) is 39.3 Å². The molecule has 3 heterocycles. The quantitative estimate of drug-likeness (QED) is 0.440. The highest BCUT2D eigenvalue weighted by atomic mass is 32.1. The van der Waals surface area contributed by atoms with E-state index in [1.807, 2.05) is 6.07 Å². The average molecular weight is 393 g/mol. The largest absolute Gasteiger partial charge is 0.492 e. The van der Waals surface area contributed by atoms with E-state index in [-0.39, 0.29) is 24.3 Å². The molecule has 27 heavy (non-hydrogen) atoms. The molecule has 1 aromatic carbocycles. The molecule has 0 aliphatic carbocycles. The predicted molar refractivity (Wildman–Crippen MR) is 98.9 cm³/mol. The van der Waals surface area contributed by atoms with Crippen molar-refractivity contribution in [3.63, 3.8) is 0 Å². The zero-order valence-corrected chi connectivity index (χ0v) is 16.0. The highest BCUT2D eigenvalue weighted by Crippen LogP contribution is 2.35. The molecule has 0 saturated carbocycles. The van der Waals surface area contributed by atoms with E-state index >= 15 is 0 Å². The number of thiazole rings is 1. The third-order valence-electron chi connectivity index (χ3n) is 5.22. The van der Waals surface area contributed by atoms with Crippen LogP contribution in [0.2, 0.25) is 0 Å². The number of benzene rings is 1. The summed E-state index contributed by atoms with van der Waals surface area (Å²) in [5.41, 5.74) is 0.840. The number of aromatic nitrogens is 3. The van der Waals surface area contributed by atoms with E-state index in [1.54, 1.807) is 19.1 Å². The molecule has 7 nitrogen and oxygen atoms in total. The SMILES string of the molecule is Cc1nc2sc([C@H](c3cccc(F)c3)[NH+]3CC[NH+](CCO)CC3)c(O)n2n1. The maximum atomic E-state index is 13.9. The number of aromatic hydroxyl groups is 1. The van der Waals surface area contributed by atoms with Crippen LogP contribution >= 0.6 is 11.3 Å². The van der Waals surface area contributed by atoms with Gasteiger partial charge in [-0.15, -0.1) is 5.10 Å². The third kappa shape index (κ3) is 3.55. The molecule has 1 fully saturated rings. The average Bonchev–Trinajstić information content (AvgIpc) is 3.15. The van der Waals surface area contributed by atoms with Crippen LogP contribution in [0.25, 0.3) is 4.96 Å². The highest BCUT2D eigenvalue weighted by Gasteiger charge is 2.36. The molecule has 1 aliphatic rings. The second-order valence-corrected chi connectivity index (χ2v) is 8.02. The first kappa shape index (κ1) is 18.3. The van der Waals surface area contributed by atoms with Crippen LogP contribution in [0, 0.1) is 12.7 Å². The molecule has 144 valence electrons. The van der Waals surface area contributed by atoms with Gasteiger partial charge in [-0.25, -0.2) is 9.37 Å². The van der Waals surface area contributed by atoms with Gasteiger partial charge in [-0.2, -0.15) is 4.52 Å². The van der Waals surface area contributed by atoms with Gasteiger partial charge in [-0.1, -0.05) is 23.5 Å². The summed E-state index contributed by atoms with van der Waals surface area (Å²) in [4.78, 5) is 8.42. The number of rotatable bonds is 5. The molecule has 3 aromatic rings. The van der Waals surface area contributed by atoms with E-state index in [2.05, 4.69) is 10.1 Å². The molecule has 0 bridgehead atoms. The molecule has 0 spiro atoms. The Morgan fingerprint density at radius 3 is 2.74 bits per heavy atom. The summed E-state index contributed by atoms with van der Waals surface area (Å²) in [6, 6.07) is 6.43. The fourth-order valence-corrected chi connectivity index (χ4v) is 5.10. The number of hydrogen-bond acceptors (Lipinski definition) is 5. The molecule has 1 aliphatic heterocycles. The smallest absolute Gasteiger partial charge is 0.235 e. The summed E-state index contributed by atoms with van der Waals surface area (Å²) in [5, 5.41) is 24.2. The van der Waals surface area contributed by atoms with Gasteiger partial charge in [0.2, 0.25) is 10.8 Å². The Kier molecular flexibility index (Phi) is 5.09. The van der Waals surface area contributed by atoms with Crippen molar-refractivity contribution in [2.24, 2.45) is 0 Å². The van der Waals surface area contributed by atoms with E-state index in [0.717, 1.165) is 43.2 Å². The van der Waals surface area contributed by atoms with E-state index in [9.17, 15) is 14.6 Å². The van der Waals surface area contributed by atoms with E-state index < -0.39 is 0 Å². The van der Waals surface area contributed by atoms with Crippen LogP contribution < -0.4 is 9.80 Å². The lowest BCUT2D eigenvalue weighted by Crippen LogP contribution is -3.28. The number of piperazine rings is 1. The van der Waals surface area contributed by atoms with Crippen molar-refractivity contribution in [3.05, 3.63) is 46.3 Å². The Morgan fingerprint density at radius 1 is 1.30 bits per heavy atom. The molecule has 1 atom stereocenters. The Bertz CT molecular complexity index is 935. The minimum absolute atomic E-state index is 0.0856. The summed E-state index contributed by atoms with van der Waals surface area (Å²) < 4.78 is 15.4. The zero-order valence-electron chi connectivity index (χ0n) is 15.2. The second-order valence-electron chi connectivity index (χ2n) is 7.01. The van der Waals surface area contributed by atoms with Crippen molar-refractivity contribution in [1.82, 2.24) is 14.6 Å². The first-order valence-electron chi connectivity index (χ1n) is 9.16. The number of hydrogen-bond donors (Lipinski definition) is 4. The Morgan fingerprint density at radius 2 is 2.07 bits per heavy atom. The van der Waals surface area contributed by atoms with Gasteiger partial charge in [0.25, 0.3) is 0 Å². The number of nitrogens with one attached hydrogen (secondary N) is 2. The first-order chi connectivity index (χ1) is 13.1. The van der Waals surface area contributed by atoms with Gasteiger partial charge in [0.1, 0.15) is 49.2 Å². The lowest BCUT2D eigenvalue weighted by Gasteiger charge is -2.34. The van der Waals surface area contributed by atoms with Gasteiger partial charge in [-0.05, 0) is 19.1 Å².